The standard InChI is InChI=1S/C26H20F2N6O2S/c1-2-16-19(27)9-8-15-6-5-7-17(21(15)16)23-22(28)24-18(14-30-23)25(29)32-26(31-24)36-13-4-3-11-34-12-10-20(33-34)37-35/h1,5-10,12,14,35H,3-4,11,13H2,(H2,29,31,32). The highest BCUT2D eigenvalue weighted by Crippen LogP contribution is 2.35. The predicted molar refractivity (Wildman–Crippen MR) is 138 cm³/mol. The van der Waals surface area contributed by atoms with Crippen molar-refractivity contribution in [3.05, 3.63) is 66.0 Å². The number of nitrogens with two attached hydrogens (primary N) is 1. The molecule has 0 fully saturated rings. The highest BCUT2D eigenvalue weighted by Gasteiger charge is 2.20. The first kappa shape index (κ1) is 24.4. The van der Waals surface area contributed by atoms with E-state index in [4.69, 9.17) is 21.4 Å². The second-order valence-corrected chi connectivity index (χ2v) is 8.71. The molecule has 0 saturated heterocycles. The van der Waals surface area contributed by atoms with Gasteiger partial charge in [0.25, 0.3) is 0 Å². The van der Waals surface area contributed by atoms with Crippen molar-refractivity contribution in [1.29, 1.82) is 0 Å². The minimum atomic E-state index is -0.743. The molecule has 0 spiro atoms. The monoisotopic (exact) mass is 518 g/mol. The van der Waals surface area contributed by atoms with Gasteiger partial charge >= 0.3 is 6.01 Å². The second kappa shape index (κ2) is 10.4. The van der Waals surface area contributed by atoms with E-state index in [0.717, 1.165) is 6.42 Å². The average Bonchev–Trinajstić information content (AvgIpc) is 3.37. The van der Waals surface area contributed by atoms with Crippen molar-refractivity contribution < 1.29 is 18.1 Å². The number of fused-ring (bicyclic) bond motifs is 2. The van der Waals surface area contributed by atoms with Gasteiger partial charge in [0.15, 0.2) is 5.82 Å². The van der Waals surface area contributed by atoms with Gasteiger partial charge in [0.1, 0.15) is 27.9 Å². The van der Waals surface area contributed by atoms with Crippen molar-refractivity contribution >= 4 is 39.5 Å². The van der Waals surface area contributed by atoms with Crippen LogP contribution < -0.4 is 10.5 Å². The number of ether oxygens (including phenoxy) is 1. The Bertz CT molecular complexity index is 1670. The molecule has 5 aromatic rings. The summed E-state index contributed by atoms with van der Waals surface area (Å²) in [6, 6.07) is 9.63. The van der Waals surface area contributed by atoms with Gasteiger partial charge in [-0.15, -0.1) is 6.42 Å². The Balaban J connectivity index is 1.42. The van der Waals surface area contributed by atoms with Crippen molar-refractivity contribution in [2.45, 2.75) is 24.4 Å². The molecule has 0 aliphatic rings. The fourth-order valence-corrected chi connectivity index (χ4v) is 4.32. The molecule has 0 aliphatic heterocycles. The minimum absolute atomic E-state index is 0.0248. The summed E-state index contributed by atoms with van der Waals surface area (Å²) in [4.78, 5) is 12.6. The molecule has 186 valence electrons. The molecule has 3 N–H and O–H groups in total. The first-order valence-electron chi connectivity index (χ1n) is 11.3. The quantitative estimate of drug-likeness (QED) is 0.162. The maximum Gasteiger partial charge on any atom is 0.319 e. The first-order chi connectivity index (χ1) is 18.0. The van der Waals surface area contributed by atoms with Crippen molar-refractivity contribution in [3.63, 3.8) is 0 Å². The van der Waals surface area contributed by atoms with E-state index in [1.807, 2.05) is 0 Å². The van der Waals surface area contributed by atoms with E-state index in [1.54, 1.807) is 41.2 Å². The molecule has 0 radical (unpaired) electrons. The number of nitrogen functional groups attached to an aromatic ring is 1. The van der Waals surface area contributed by atoms with Crippen LogP contribution >= 0.6 is 12.0 Å². The molecule has 0 aliphatic carbocycles. The zero-order chi connectivity index (χ0) is 25.9. The number of aryl methyl sites for hydroxylation is 1. The largest absolute Gasteiger partial charge is 0.463 e. The van der Waals surface area contributed by atoms with E-state index >= 15 is 4.39 Å². The predicted octanol–water partition coefficient (Wildman–Crippen LogP) is 5.31. The van der Waals surface area contributed by atoms with Crippen molar-refractivity contribution in [2.75, 3.05) is 12.3 Å². The van der Waals surface area contributed by atoms with Crippen LogP contribution in [0.1, 0.15) is 18.4 Å². The van der Waals surface area contributed by atoms with Gasteiger partial charge in [0.2, 0.25) is 0 Å². The highest BCUT2D eigenvalue weighted by atomic mass is 32.2. The van der Waals surface area contributed by atoms with Crippen LogP contribution in [0.5, 0.6) is 6.01 Å². The Kier molecular flexibility index (Phi) is 6.85. The van der Waals surface area contributed by atoms with Crippen LogP contribution in [-0.4, -0.2) is 35.9 Å². The zero-order valence-electron chi connectivity index (χ0n) is 19.4. The fourth-order valence-electron chi connectivity index (χ4n) is 4.06. The third-order valence-corrected chi connectivity index (χ3v) is 6.21. The maximum absolute atomic E-state index is 15.8. The second-order valence-electron chi connectivity index (χ2n) is 8.11. The van der Waals surface area contributed by atoms with Crippen molar-refractivity contribution in [3.8, 4) is 29.6 Å². The molecular formula is C26H20F2N6O2S. The molecule has 11 heteroatoms. The molecular weight excluding hydrogens is 498 g/mol. The Labute approximate surface area is 214 Å². The number of hydrogen-bond donors (Lipinski definition) is 2. The summed E-state index contributed by atoms with van der Waals surface area (Å²) >= 11 is 0.591. The number of rotatable bonds is 8. The molecule has 0 atom stereocenters. The lowest BCUT2D eigenvalue weighted by atomic mass is 9.96. The van der Waals surface area contributed by atoms with Crippen LogP contribution in [0.4, 0.5) is 14.6 Å². The number of hydrogen-bond acceptors (Lipinski definition) is 8. The van der Waals surface area contributed by atoms with Crippen LogP contribution in [0.3, 0.4) is 0 Å². The molecule has 0 unspecified atom stereocenters. The molecule has 0 amide bonds. The fraction of sp³-hybridized carbons (Fsp3) is 0.154. The third-order valence-electron chi connectivity index (χ3n) is 5.81. The van der Waals surface area contributed by atoms with Gasteiger partial charge in [-0.3, -0.25) is 9.67 Å². The summed E-state index contributed by atoms with van der Waals surface area (Å²) < 4.78 is 46.6. The van der Waals surface area contributed by atoms with Crippen LogP contribution in [0.15, 0.2) is 53.8 Å². The molecule has 5 rings (SSSR count). The summed E-state index contributed by atoms with van der Waals surface area (Å²) in [5.41, 5.74) is 6.31. The summed E-state index contributed by atoms with van der Waals surface area (Å²) in [5.74, 6) is 1.07. The molecule has 0 saturated carbocycles. The number of pyridine rings is 1. The smallest absolute Gasteiger partial charge is 0.319 e. The van der Waals surface area contributed by atoms with Crippen LogP contribution in [-0.2, 0) is 6.54 Å². The number of terminal acetylenes is 1. The van der Waals surface area contributed by atoms with Gasteiger partial charge in [-0.2, -0.15) is 15.1 Å². The molecule has 2 aromatic carbocycles. The lowest BCUT2D eigenvalue weighted by molar-refractivity contribution is 0.280. The van der Waals surface area contributed by atoms with Crippen molar-refractivity contribution in [2.24, 2.45) is 0 Å². The summed E-state index contributed by atoms with van der Waals surface area (Å²) in [6.07, 6.45) is 10.1. The number of halogens is 2. The van der Waals surface area contributed by atoms with E-state index in [-0.39, 0.29) is 40.6 Å². The lowest BCUT2D eigenvalue weighted by Crippen LogP contribution is -2.07. The topological polar surface area (TPSA) is 112 Å². The van der Waals surface area contributed by atoms with Gasteiger partial charge in [-0.05, 0) is 30.4 Å². The number of nitrogens with zero attached hydrogens (tertiary/aromatic N) is 5. The highest BCUT2D eigenvalue weighted by molar-refractivity contribution is 7.93. The van der Waals surface area contributed by atoms with E-state index in [2.05, 4.69) is 26.0 Å². The lowest BCUT2D eigenvalue weighted by Gasteiger charge is -2.12. The van der Waals surface area contributed by atoms with Crippen LogP contribution in [0.25, 0.3) is 32.9 Å². The molecule has 3 aromatic heterocycles. The first-order valence-corrected chi connectivity index (χ1v) is 12.0. The number of unbranched alkanes of at least 4 members (excludes halogenated alkanes) is 1. The van der Waals surface area contributed by atoms with Gasteiger partial charge in [0.05, 0.1) is 17.6 Å². The van der Waals surface area contributed by atoms with E-state index in [1.165, 1.54) is 12.3 Å². The number of benzene rings is 2. The Morgan fingerprint density at radius 3 is 2.78 bits per heavy atom. The Morgan fingerprint density at radius 1 is 1.14 bits per heavy atom. The average molecular weight is 519 g/mol. The summed E-state index contributed by atoms with van der Waals surface area (Å²) in [6.45, 7) is 0.918. The summed E-state index contributed by atoms with van der Waals surface area (Å²) in [5, 5.41) is 5.97. The van der Waals surface area contributed by atoms with Gasteiger partial charge in [-0.25, -0.2) is 8.78 Å². The zero-order valence-corrected chi connectivity index (χ0v) is 20.2. The van der Waals surface area contributed by atoms with Gasteiger partial charge in [0, 0.05) is 41.9 Å². The van der Waals surface area contributed by atoms with Crippen LogP contribution in [0, 0.1) is 24.0 Å². The normalized spacial score (nSPS) is 11.2. The van der Waals surface area contributed by atoms with E-state index in [9.17, 15) is 4.39 Å². The maximum atomic E-state index is 15.8. The van der Waals surface area contributed by atoms with E-state index < -0.39 is 11.6 Å². The van der Waals surface area contributed by atoms with E-state index in [0.29, 0.717) is 46.4 Å². The molecule has 3 heterocycles. The molecule has 8 nitrogen and oxygen atoms in total. The van der Waals surface area contributed by atoms with Crippen LogP contribution in [0.2, 0.25) is 0 Å². The number of anilines is 1. The SMILES string of the molecule is C#Cc1c(F)ccc2cccc(-c3ncc4c(N)nc(OCCCCn5ccc(SO)n5)nc4c3F)c12. The molecule has 37 heavy (non-hydrogen) atoms. The summed E-state index contributed by atoms with van der Waals surface area (Å²) in [7, 11) is 0. The van der Waals surface area contributed by atoms with Crippen molar-refractivity contribution in [1.82, 2.24) is 24.7 Å². The Hall–Kier alpha value is -4.27. The number of aromatic nitrogens is 5. The third kappa shape index (κ3) is 4.76. The Morgan fingerprint density at radius 2 is 2.00 bits per heavy atom. The molecule has 0 bridgehead atoms. The van der Waals surface area contributed by atoms with Gasteiger partial charge in [-0.1, -0.05) is 30.2 Å². The minimum Gasteiger partial charge on any atom is -0.463 e. The van der Waals surface area contributed by atoms with Gasteiger partial charge < -0.3 is 15.0 Å².